The predicted molar refractivity (Wildman–Crippen MR) is 95.9 cm³/mol. The lowest BCUT2D eigenvalue weighted by Crippen LogP contribution is -2.25. The maximum absolute atomic E-state index is 13.4. The summed E-state index contributed by atoms with van der Waals surface area (Å²) in [6.07, 6.45) is 4.84. The lowest BCUT2D eigenvalue weighted by molar-refractivity contribution is 0.169. The van der Waals surface area contributed by atoms with Crippen LogP contribution in [0.4, 0.5) is 13.2 Å². The van der Waals surface area contributed by atoms with Crippen LogP contribution in [-0.4, -0.2) is 0 Å². The highest BCUT2D eigenvalue weighted by Crippen LogP contribution is 2.43. The Morgan fingerprint density at radius 2 is 1.28 bits per heavy atom. The molecule has 1 aliphatic rings. The van der Waals surface area contributed by atoms with E-state index >= 15 is 0 Å². The maximum Gasteiger partial charge on any atom is 0.194 e. The van der Waals surface area contributed by atoms with Crippen LogP contribution in [0.5, 0.6) is 0 Å². The van der Waals surface area contributed by atoms with E-state index in [2.05, 4.69) is 20.8 Å². The van der Waals surface area contributed by atoms with Gasteiger partial charge in [-0.05, 0) is 71.8 Å². The van der Waals surface area contributed by atoms with E-state index in [-0.39, 0.29) is 0 Å². The van der Waals surface area contributed by atoms with Gasteiger partial charge in [0.25, 0.3) is 0 Å². The first kappa shape index (κ1) is 18.0. The fourth-order valence-corrected chi connectivity index (χ4v) is 3.96. The Labute approximate surface area is 148 Å². The number of hydrogen-bond donors (Lipinski definition) is 0. The quantitative estimate of drug-likeness (QED) is 0.509. The van der Waals surface area contributed by atoms with Gasteiger partial charge < -0.3 is 0 Å². The first-order chi connectivity index (χ1) is 11.8. The molecule has 2 aromatic rings. The van der Waals surface area contributed by atoms with Crippen molar-refractivity contribution < 1.29 is 13.2 Å². The Morgan fingerprint density at radius 3 is 1.76 bits per heavy atom. The summed E-state index contributed by atoms with van der Waals surface area (Å²) in [5, 5.41) is 0. The van der Waals surface area contributed by atoms with E-state index in [4.69, 9.17) is 0 Å². The molecule has 0 heterocycles. The molecule has 0 spiro atoms. The third-order valence-corrected chi connectivity index (χ3v) is 5.65. The lowest BCUT2D eigenvalue weighted by Gasteiger charge is -2.37. The van der Waals surface area contributed by atoms with E-state index in [0.29, 0.717) is 22.5 Å². The molecule has 0 aliphatic heterocycles. The SMILES string of the molecule is CC(C)(C)C1CCC(c2ccc(-c3cc(F)c(F)c(F)c3)cc2)CC1. The summed E-state index contributed by atoms with van der Waals surface area (Å²) in [7, 11) is 0. The third-order valence-electron chi connectivity index (χ3n) is 5.65. The van der Waals surface area contributed by atoms with Crippen molar-refractivity contribution >= 4 is 0 Å². The van der Waals surface area contributed by atoms with E-state index in [0.717, 1.165) is 18.1 Å². The van der Waals surface area contributed by atoms with Gasteiger partial charge in [-0.15, -0.1) is 0 Å². The molecule has 0 aromatic heterocycles. The Morgan fingerprint density at radius 1 is 0.760 bits per heavy atom. The third kappa shape index (κ3) is 3.91. The molecule has 0 unspecified atom stereocenters. The van der Waals surface area contributed by atoms with Crippen molar-refractivity contribution in [3.05, 3.63) is 59.4 Å². The van der Waals surface area contributed by atoms with Gasteiger partial charge in [0.05, 0.1) is 0 Å². The molecular weight excluding hydrogens is 321 g/mol. The van der Waals surface area contributed by atoms with Crippen molar-refractivity contribution in [3.8, 4) is 11.1 Å². The van der Waals surface area contributed by atoms with Gasteiger partial charge in [0.15, 0.2) is 17.5 Å². The Hall–Kier alpha value is -1.77. The number of halogens is 3. The molecular formula is C22H25F3. The van der Waals surface area contributed by atoms with Crippen LogP contribution in [0.2, 0.25) is 0 Å². The molecule has 1 fully saturated rings. The number of benzene rings is 2. The fraction of sp³-hybridized carbons (Fsp3) is 0.455. The van der Waals surface area contributed by atoms with Crippen molar-refractivity contribution in [2.24, 2.45) is 11.3 Å². The van der Waals surface area contributed by atoms with Gasteiger partial charge >= 0.3 is 0 Å². The molecule has 134 valence electrons. The van der Waals surface area contributed by atoms with Crippen molar-refractivity contribution in [1.29, 1.82) is 0 Å². The van der Waals surface area contributed by atoms with Crippen molar-refractivity contribution in [2.45, 2.75) is 52.4 Å². The van der Waals surface area contributed by atoms with Crippen LogP contribution in [0.3, 0.4) is 0 Å². The van der Waals surface area contributed by atoms with Crippen LogP contribution in [0.25, 0.3) is 11.1 Å². The standard InChI is InChI=1S/C22H25F3/c1-22(2,3)18-10-8-15(9-11-18)14-4-6-16(7-5-14)17-12-19(23)21(25)20(24)13-17/h4-7,12-13,15,18H,8-11H2,1-3H3. The van der Waals surface area contributed by atoms with Crippen molar-refractivity contribution in [2.75, 3.05) is 0 Å². The van der Waals surface area contributed by atoms with Gasteiger partial charge in [0.1, 0.15) is 0 Å². The van der Waals surface area contributed by atoms with Crippen LogP contribution in [0.15, 0.2) is 36.4 Å². The number of rotatable bonds is 2. The van der Waals surface area contributed by atoms with E-state index in [1.165, 1.54) is 31.2 Å². The highest BCUT2D eigenvalue weighted by Gasteiger charge is 2.30. The average Bonchev–Trinajstić information content (AvgIpc) is 2.59. The summed E-state index contributed by atoms with van der Waals surface area (Å²) in [5.41, 5.74) is 2.70. The smallest absolute Gasteiger partial charge is 0.194 e. The molecule has 0 bridgehead atoms. The fourth-order valence-electron chi connectivity index (χ4n) is 3.96. The predicted octanol–water partition coefficient (Wildman–Crippen LogP) is 7.09. The Balaban J connectivity index is 1.73. The van der Waals surface area contributed by atoms with Crippen LogP contribution in [0, 0.1) is 28.8 Å². The zero-order chi connectivity index (χ0) is 18.2. The van der Waals surface area contributed by atoms with Gasteiger partial charge in [-0.2, -0.15) is 0 Å². The molecule has 0 N–H and O–H groups in total. The summed E-state index contributed by atoms with van der Waals surface area (Å²) in [4.78, 5) is 0. The Bertz CT molecular complexity index is 710. The van der Waals surface area contributed by atoms with Crippen LogP contribution < -0.4 is 0 Å². The highest BCUT2D eigenvalue weighted by molar-refractivity contribution is 5.64. The molecule has 0 atom stereocenters. The van der Waals surface area contributed by atoms with E-state index < -0.39 is 17.5 Å². The van der Waals surface area contributed by atoms with E-state index in [1.807, 2.05) is 24.3 Å². The van der Waals surface area contributed by atoms with Crippen LogP contribution in [0.1, 0.15) is 57.9 Å². The van der Waals surface area contributed by atoms with Gasteiger partial charge in [0.2, 0.25) is 0 Å². The maximum atomic E-state index is 13.4. The van der Waals surface area contributed by atoms with Crippen molar-refractivity contribution in [3.63, 3.8) is 0 Å². The average molecular weight is 346 g/mol. The monoisotopic (exact) mass is 346 g/mol. The molecule has 2 aromatic carbocycles. The van der Waals surface area contributed by atoms with Gasteiger partial charge in [-0.3, -0.25) is 0 Å². The first-order valence-corrected chi connectivity index (χ1v) is 9.00. The summed E-state index contributed by atoms with van der Waals surface area (Å²) in [6.45, 7) is 6.94. The summed E-state index contributed by atoms with van der Waals surface area (Å²) in [5.74, 6) is -2.40. The minimum absolute atomic E-state index is 0.361. The molecule has 0 radical (unpaired) electrons. The minimum Gasteiger partial charge on any atom is -0.204 e. The lowest BCUT2D eigenvalue weighted by atomic mass is 9.68. The molecule has 1 saturated carbocycles. The largest absolute Gasteiger partial charge is 0.204 e. The second-order valence-electron chi connectivity index (χ2n) is 8.29. The van der Waals surface area contributed by atoms with E-state index in [1.54, 1.807) is 0 Å². The molecule has 3 heteroatoms. The van der Waals surface area contributed by atoms with Gasteiger partial charge in [-0.25, -0.2) is 13.2 Å². The zero-order valence-corrected chi connectivity index (χ0v) is 15.1. The second-order valence-corrected chi connectivity index (χ2v) is 8.29. The van der Waals surface area contributed by atoms with Crippen LogP contribution >= 0.6 is 0 Å². The summed E-state index contributed by atoms with van der Waals surface area (Å²) < 4.78 is 39.9. The topological polar surface area (TPSA) is 0 Å². The molecule has 0 amide bonds. The second kappa shape index (κ2) is 6.86. The highest BCUT2D eigenvalue weighted by atomic mass is 19.2. The van der Waals surface area contributed by atoms with Gasteiger partial charge in [-0.1, -0.05) is 45.0 Å². The molecule has 3 rings (SSSR count). The molecule has 0 saturated heterocycles. The molecule has 25 heavy (non-hydrogen) atoms. The summed E-state index contributed by atoms with van der Waals surface area (Å²) in [6, 6.07) is 9.91. The van der Waals surface area contributed by atoms with Gasteiger partial charge in [0, 0.05) is 0 Å². The minimum atomic E-state index is -1.42. The molecule has 0 nitrogen and oxygen atoms in total. The summed E-state index contributed by atoms with van der Waals surface area (Å²) >= 11 is 0. The normalized spacial score (nSPS) is 21.4. The number of hydrogen-bond acceptors (Lipinski definition) is 0. The molecule has 1 aliphatic carbocycles. The van der Waals surface area contributed by atoms with Crippen LogP contribution in [-0.2, 0) is 0 Å². The van der Waals surface area contributed by atoms with E-state index in [9.17, 15) is 13.2 Å². The Kier molecular flexibility index (Phi) is 4.95. The zero-order valence-electron chi connectivity index (χ0n) is 15.1. The van der Waals surface area contributed by atoms with Crippen molar-refractivity contribution in [1.82, 2.24) is 0 Å². The first-order valence-electron chi connectivity index (χ1n) is 9.00.